The van der Waals surface area contributed by atoms with Crippen molar-refractivity contribution in [1.82, 2.24) is 5.32 Å². The summed E-state index contributed by atoms with van der Waals surface area (Å²) in [6, 6.07) is 2.99. The lowest BCUT2D eigenvalue weighted by Crippen LogP contribution is -2.05. The van der Waals surface area contributed by atoms with Crippen LogP contribution >= 0.6 is 0 Å². The standard InChI is InChI=1S/C9H12FNO/c1-6-8(10)3-7(5-11-2)4-9(6)12/h3-4,11-12H,5H2,1-2H3. The van der Waals surface area contributed by atoms with Crippen LogP contribution in [0.25, 0.3) is 0 Å². The predicted molar refractivity (Wildman–Crippen MR) is 45.6 cm³/mol. The van der Waals surface area contributed by atoms with E-state index in [0.717, 1.165) is 5.56 Å². The molecule has 0 spiro atoms. The van der Waals surface area contributed by atoms with Crippen molar-refractivity contribution < 1.29 is 9.50 Å². The Morgan fingerprint density at radius 3 is 2.67 bits per heavy atom. The van der Waals surface area contributed by atoms with Crippen molar-refractivity contribution in [2.45, 2.75) is 13.5 Å². The van der Waals surface area contributed by atoms with Crippen LogP contribution in [0, 0.1) is 12.7 Å². The summed E-state index contributed by atoms with van der Waals surface area (Å²) in [6.07, 6.45) is 0. The molecule has 0 saturated heterocycles. The number of benzene rings is 1. The van der Waals surface area contributed by atoms with Crippen LogP contribution in [-0.2, 0) is 6.54 Å². The van der Waals surface area contributed by atoms with Crippen molar-refractivity contribution in [1.29, 1.82) is 0 Å². The molecular weight excluding hydrogens is 157 g/mol. The maximum absolute atomic E-state index is 13.0. The van der Waals surface area contributed by atoms with Crippen LogP contribution < -0.4 is 5.32 Å². The molecular formula is C9H12FNO. The Morgan fingerprint density at radius 2 is 2.17 bits per heavy atom. The lowest BCUT2D eigenvalue weighted by molar-refractivity contribution is 0.461. The summed E-state index contributed by atoms with van der Waals surface area (Å²) in [5, 5.41) is 12.1. The minimum absolute atomic E-state index is 0.0141. The molecule has 0 radical (unpaired) electrons. The molecule has 0 heterocycles. The third-order valence-corrected chi connectivity index (χ3v) is 1.76. The smallest absolute Gasteiger partial charge is 0.130 e. The van der Waals surface area contributed by atoms with Gasteiger partial charge in [0.15, 0.2) is 0 Å². The average molecular weight is 169 g/mol. The van der Waals surface area contributed by atoms with Gasteiger partial charge in [-0.15, -0.1) is 0 Å². The SMILES string of the molecule is CNCc1cc(O)c(C)c(F)c1. The highest BCUT2D eigenvalue weighted by Crippen LogP contribution is 2.20. The number of hydrogen-bond donors (Lipinski definition) is 2. The van der Waals surface area contributed by atoms with E-state index in [0.29, 0.717) is 12.1 Å². The van der Waals surface area contributed by atoms with E-state index >= 15 is 0 Å². The van der Waals surface area contributed by atoms with Crippen LogP contribution in [0.2, 0.25) is 0 Å². The molecule has 1 aromatic carbocycles. The summed E-state index contributed by atoms with van der Waals surface area (Å²) in [7, 11) is 1.77. The molecule has 0 aliphatic rings. The molecule has 0 aliphatic heterocycles. The maximum Gasteiger partial charge on any atom is 0.130 e. The Kier molecular flexibility index (Phi) is 2.65. The van der Waals surface area contributed by atoms with Gasteiger partial charge in [0.2, 0.25) is 0 Å². The highest BCUT2D eigenvalue weighted by molar-refractivity contribution is 5.36. The minimum atomic E-state index is -0.361. The number of aromatic hydroxyl groups is 1. The molecule has 0 atom stereocenters. The third kappa shape index (κ3) is 1.74. The van der Waals surface area contributed by atoms with Crippen molar-refractivity contribution >= 4 is 0 Å². The third-order valence-electron chi connectivity index (χ3n) is 1.76. The molecule has 0 bridgehead atoms. The van der Waals surface area contributed by atoms with Gasteiger partial charge in [0.25, 0.3) is 0 Å². The quantitative estimate of drug-likeness (QED) is 0.704. The Balaban J connectivity index is 3.04. The fourth-order valence-electron chi connectivity index (χ4n) is 1.03. The van der Waals surface area contributed by atoms with E-state index in [1.807, 2.05) is 0 Å². The fourth-order valence-corrected chi connectivity index (χ4v) is 1.03. The molecule has 0 saturated carbocycles. The second-order valence-corrected chi connectivity index (χ2v) is 2.75. The van der Waals surface area contributed by atoms with Crippen molar-refractivity contribution in [2.24, 2.45) is 0 Å². The van der Waals surface area contributed by atoms with E-state index in [1.54, 1.807) is 20.0 Å². The Labute approximate surface area is 71.0 Å². The predicted octanol–water partition coefficient (Wildman–Crippen LogP) is 1.56. The fraction of sp³-hybridized carbons (Fsp3) is 0.333. The van der Waals surface area contributed by atoms with Gasteiger partial charge >= 0.3 is 0 Å². The van der Waals surface area contributed by atoms with Gasteiger partial charge in [-0.3, -0.25) is 0 Å². The molecule has 0 amide bonds. The van der Waals surface area contributed by atoms with Gasteiger partial charge in [0.05, 0.1) is 0 Å². The van der Waals surface area contributed by atoms with Crippen LogP contribution in [0.3, 0.4) is 0 Å². The highest BCUT2D eigenvalue weighted by atomic mass is 19.1. The summed E-state index contributed by atoms with van der Waals surface area (Å²) < 4.78 is 13.0. The second-order valence-electron chi connectivity index (χ2n) is 2.75. The number of rotatable bonds is 2. The zero-order valence-corrected chi connectivity index (χ0v) is 7.19. The molecule has 1 aromatic rings. The van der Waals surface area contributed by atoms with Gasteiger partial charge in [0, 0.05) is 12.1 Å². The lowest BCUT2D eigenvalue weighted by atomic mass is 10.1. The van der Waals surface area contributed by atoms with Crippen LogP contribution in [0.15, 0.2) is 12.1 Å². The molecule has 0 fully saturated rings. The number of phenolic OH excluding ortho intramolecular Hbond substituents is 1. The van der Waals surface area contributed by atoms with Gasteiger partial charge in [-0.2, -0.15) is 0 Å². The van der Waals surface area contributed by atoms with Crippen LogP contribution in [0.1, 0.15) is 11.1 Å². The number of nitrogens with one attached hydrogen (secondary N) is 1. The monoisotopic (exact) mass is 169 g/mol. The molecule has 66 valence electrons. The van der Waals surface area contributed by atoms with Gasteiger partial charge in [-0.1, -0.05) is 0 Å². The molecule has 0 unspecified atom stereocenters. The van der Waals surface area contributed by atoms with Gasteiger partial charge < -0.3 is 10.4 Å². The first kappa shape index (κ1) is 9.00. The van der Waals surface area contributed by atoms with Crippen LogP contribution in [0.4, 0.5) is 4.39 Å². The molecule has 12 heavy (non-hydrogen) atoms. The summed E-state index contributed by atoms with van der Waals surface area (Å²) in [5.74, 6) is -0.347. The van der Waals surface area contributed by atoms with E-state index in [9.17, 15) is 9.50 Å². The maximum atomic E-state index is 13.0. The van der Waals surface area contributed by atoms with Gasteiger partial charge in [-0.25, -0.2) is 4.39 Å². The molecule has 0 aliphatic carbocycles. The number of phenols is 1. The van der Waals surface area contributed by atoms with Crippen molar-refractivity contribution in [3.8, 4) is 5.75 Å². The molecule has 2 nitrogen and oxygen atoms in total. The first-order valence-electron chi connectivity index (χ1n) is 3.77. The topological polar surface area (TPSA) is 32.3 Å². The molecule has 2 N–H and O–H groups in total. The van der Waals surface area contributed by atoms with Crippen LogP contribution in [0.5, 0.6) is 5.75 Å². The van der Waals surface area contributed by atoms with Crippen molar-refractivity contribution in [2.75, 3.05) is 7.05 Å². The Bertz CT molecular complexity index is 263. The van der Waals surface area contributed by atoms with E-state index < -0.39 is 0 Å². The van der Waals surface area contributed by atoms with E-state index in [-0.39, 0.29) is 11.6 Å². The normalized spacial score (nSPS) is 10.2. The molecule has 3 heteroatoms. The van der Waals surface area contributed by atoms with Crippen molar-refractivity contribution in [3.05, 3.63) is 29.1 Å². The number of hydrogen-bond acceptors (Lipinski definition) is 2. The minimum Gasteiger partial charge on any atom is -0.508 e. The molecule has 1 rings (SSSR count). The lowest BCUT2D eigenvalue weighted by Gasteiger charge is -2.04. The summed E-state index contributed by atoms with van der Waals surface area (Å²) in [4.78, 5) is 0. The van der Waals surface area contributed by atoms with E-state index in [4.69, 9.17) is 0 Å². The van der Waals surface area contributed by atoms with Gasteiger partial charge in [0.1, 0.15) is 11.6 Å². The van der Waals surface area contributed by atoms with Crippen molar-refractivity contribution in [3.63, 3.8) is 0 Å². The zero-order chi connectivity index (χ0) is 9.14. The molecule has 0 aromatic heterocycles. The largest absolute Gasteiger partial charge is 0.508 e. The first-order chi connectivity index (χ1) is 5.65. The van der Waals surface area contributed by atoms with Crippen LogP contribution in [-0.4, -0.2) is 12.2 Å². The van der Waals surface area contributed by atoms with E-state index in [1.165, 1.54) is 6.07 Å². The first-order valence-corrected chi connectivity index (χ1v) is 3.77. The Morgan fingerprint density at radius 1 is 1.50 bits per heavy atom. The summed E-state index contributed by atoms with van der Waals surface area (Å²) in [6.45, 7) is 2.11. The van der Waals surface area contributed by atoms with E-state index in [2.05, 4.69) is 5.32 Å². The zero-order valence-electron chi connectivity index (χ0n) is 7.19. The highest BCUT2D eigenvalue weighted by Gasteiger charge is 2.04. The second kappa shape index (κ2) is 3.54. The van der Waals surface area contributed by atoms with Gasteiger partial charge in [-0.05, 0) is 31.7 Å². The summed E-state index contributed by atoms with van der Waals surface area (Å²) in [5.41, 5.74) is 1.05. The summed E-state index contributed by atoms with van der Waals surface area (Å²) >= 11 is 0. The number of halogens is 1. The average Bonchev–Trinajstić information content (AvgIpc) is 2.01. The Hall–Kier alpha value is -1.09.